The summed E-state index contributed by atoms with van der Waals surface area (Å²) in [6.07, 6.45) is 6.31. The van der Waals surface area contributed by atoms with Crippen LogP contribution in [0.4, 0.5) is 11.5 Å². The van der Waals surface area contributed by atoms with Crippen LogP contribution in [0.25, 0.3) is 21.9 Å². The lowest BCUT2D eigenvalue weighted by atomic mass is 9.99. The first-order valence-corrected chi connectivity index (χ1v) is 10.1. The molecule has 2 aromatic heterocycles. The van der Waals surface area contributed by atoms with Crippen LogP contribution in [0.3, 0.4) is 0 Å². The average molecular weight is 409 g/mol. The maximum Gasteiger partial charge on any atom is 0.229 e. The Labute approximate surface area is 173 Å². The van der Waals surface area contributed by atoms with Crippen LogP contribution in [0.5, 0.6) is 0 Å². The summed E-state index contributed by atoms with van der Waals surface area (Å²) in [5.41, 5.74) is 9.60. The molecule has 7 heteroatoms. The van der Waals surface area contributed by atoms with E-state index < -0.39 is 0 Å². The first kappa shape index (κ1) is 18.3. The van der Waals surface area contributed by atoms with Crippen molar-refractivity contribution in [1.82, 2.24) is 9.97 Å². The highest BCUT2D eigenvalue weighted by Crippen LogP contribution is 2.57. The number of aliphatic hydroxyl groups is 1. The summed E-state index contributed by atoms with van der Waals surface area (Å²) in [5.74, 6) is 0.979. The van der Waals surface area contributed by atoms with Gasteiger partial charge in [0.2, 0.25) is 5.91 Å². The summed E-state index contributed by atoms with van der Waals surface area (Å²) < 4.78 is 0. The number of aliphatic hydroxyl groups excluding tert-OH is 1. The lowest BCUT2D eigenvalue weighted by Crippen LogP contribution is -2.19. The van der Waals surface area contributed by atoms with Gasteiger partial charge in [-0.1, -0.05) is 11.6 Å². The molecule has 1 amide bonds. The van der Waals surface area contributed by atoms with E-state index in [9.17, 15) is 9.90 Å². The van der Waals surface area contributed by atoms with E-state index in [1.54, 1.807) is 24.7 Å². The number of carbonyl (C=O) groups is 1. The predicted octanol–water partition coefficient (Wildman–Crippen LogP) is 3.80. The molecule has 2 aliphatic rings. The van der Waals surface area contributed by atoms with Crippen LogP contribution >= 0.6 is 11.6 Å². The molecule has 3 aromatic rings. The molecule has 0 saturated heterocycles. The standard InChI is InChI=1S/C22H21ClN4O2/c1-10-2-3-25-8-16(10)14-6-18(24)17-9-26-19(7-15(17)21(14)23)27-22(29)20-12-4-11(28)5-13(12)20/h2-3,6-9,11-13,20,28H,4-5,24H2,1H3,(H,26,27,29)/t11?,12-,13+,20?. The Bertz CT molecular complexity index is 1140. The number of rotatable bonds is 3. The second-order valence-corrected chi connectivity index (χ2v) is 8.48. The molecule has 148 valence electrons. The Morgan fingerprint density at radius 3 is 2.69 bits per heavy atom. The summed E-state index contributed by atoms with van der Waals surface area (Å²) in [4.78, 5) is 21.2. The highest BCUT2D eigenvalue weighted by Gasteiger charge is 2.59. The van der Waals surface area contributed by atoms with Gasteiger partial charge in [-0.2, -0.15) is 0 Å². The number of amides is 1. The van der Waals surface area contributed by atoms with Crippen molar-refractivity contribution in [2.45, 2.75) is 25.9 Å². The zero-order chi connectivity index (χ0) is 20.3. The second-order valence-electron chi connectivity index (χ2n) is 8.10. The van der Waals surface area contributed by atoms with Crippen molar-refractivity contribution >= 4 is 39.8 Å². The molecule has 2 saturated carbocycles. The summed E-state index contributed by atoms with van der Waals surface area (Å²) in [7, 11) is 0. The Kier molecular flexibility index (Phi) is 4.22. The van der Waals surface area contributed by atoms with E-state index in [0.29, 0.717) is 41.2 Å². The Morgan fingerprint density at radius 1 is 1.21 bits per heavy atom. The molecule has 2 fully saturated rings. The number of nitrogens with zero attached hydrogens (tertiary/aromatic N) is 2. The number of fused-ring (bicyclic) bond motifs is 2. The largest absolute Gasteiger partial charge is 0.398 e. The van der Waals surface area contributed by atoms with Gasteiger partial charge in [-0.25, -0.2) is 4.98 Å². The van der Waals surface area contributed by atoms with Crippen LogP contribution < -0.4 is 11.1 Å². The summed E-state index contributed by atoms with van der Waals surface area (Å²) in [5, 5.41) is 14.6. The number of hydrogen-bond acceptors (Lipinski definition) is 5. The van der Waals surface area contributed by atoms with E-state index in [1.165, 1.54) is 0 Å². The van der Waals surface area contributed by atoms with Gasteiger partial charge in [0.25, 0.3) is 0 Å². The number of hydrogen-bond donors (Lipinski definition) is 3. The van der Waals surface area contributed by atoms with Crippen molar-refractivity contribution in [2.75, 3.05) is 11.1 Å². The molecule has 2 aliphatic carbocycles. The van der Waals surface area contributed by atoms with E-state index in [-0.39, 0.29) is 17.9 Å². The summed E-state index contributed by atoms with van der Waals surface area (Å²) in [6, 6.07) is 5.53. The topological polar surface area (TPSA) is 101 Å². The van der Waals surface area contributed by atoms with Crippen molar-refractivity contribution in [3.05, 3.63) is 47.4 Å². The number of nitrogens with one attached hydrogen (secondary N) is 1. The minimum absolute atomic E-state index is 0.0270. The first-order valence-electron chi connectivity index (χ1n) is 9.71. The third kappa shape index (κ3) is 3.03. The molecule has 4 N–H and O–H groups in total. The van der Waals surface area contributed by atoms with Gasteiger partial charge >= 0.3 is 0 Å². The number of benzene rings is 1. The molecule has 1 aromatic carbocycles. The Hall–Kier alpha value is -2.70. The van der Waals surface area contributed by atoms with Gasteiger partial charge in [0.05, 0.1) is 11.1 Å². The van der Waals surface area contributed by atoms with Gasteiger partial charge in [0.15, 0.2) is 0 Å². The maximum absolute atomic E-state index is 12.6. The van der Waals surface area contributed by atoms with Crippen molar-refractivity contribution in [3.63, 3.8) is 0 Å². The molecule has 29 heavy (non-hydrogen) atoms. The Morgan fingerprint density at radius 2 is 1.97 bits per heavy atom. The van der Waals surface area contributed by atoms with Gasteiger partial charge in [-0.15, -0.1) is 0 Å². The molecule has 0 aliphatic heterocycles. The first-order chi connectivity index (χ1) is 13.9. The zero-order valence-corrected chi connectivity index (χ0v) is 16.6. The number of pyridine rings is 2. The normalized spacial score (nSPS) is 25.1. The van der Waals surface area contributed by atoms with Crippen molar-refractivity contribution in [3.8, 4) is 11.1 Å². The number of nitrogen functional groups attached to an aromatic ring is 1. The molecule has 0 bridgehead atoms. The fraction of sp³-hybridized carbons (Fsp3) is 0.318. The van der Waals surface area contributed by atoms with Crippen LogP contribution in [0.2, 0.25) is 5.02 Å². The second kappa shape index (κ2) is 6.68. The SMILES string of the molecule is Cc1ccncc1-c1cc(N)c2cnc(NC(=O)C3[C@H]4CC(O)C[C@@H]34)cc2c1Cl. The smallest absolute Gasteiger partial charge is 0.229 e. The van der Waals surface area contributed by atoms with Crippen LogP contribution in [-0.2, 0) is 4.79 Å². The molecular weight excluding hydrogens is 388 g/mol. The van der Waals surface area contributed by atoms with Crippen LogP contribution in [0.1, 0.15) is 18.4 Å². The average Bonchev–Trinajstić information content (AvgIpc) is 3.22. The van der Waals surface area contributed by atoms with Gasteiger partial charge in [-0.05, 0) is 55.4 Å². The number of nitrogens with two attached hydrogens (primary N) is 1. The number of aryl methyl sites for hydroxylation is 1. The molecule has 6 nitrogen and oxygen atoms in total. The summed E-state index contributed by atoms with van der Waals surface area (Å²) in [6.45, 7) is 2.00. The van der Waals surface area contributed by atoms with E-state index in [1.807, 2.05) is 19.1 Å². The number of aromatic nitrogens is 2. The maximum atomic E-state index is 12.6. The Balaban J connectivity index is 1.49. The number of anilines is 2. The summed E-state index contributed by atoms with van der Waals surface area (Å²) >= 11 is 6.75. The third-order valence-electron chi connectivity index (χ3n) is 6.29. The van der Waals surface area contributed by atoms with E-state index in [0.717, 1.165) is 27.5 Å². The van der Waals surface area contributed by atoms with E-state index in [2.05, 4.69) is 15.3 Å². The molecule has 0 radical (unpaired) electrons. The predicted molar refractivity (Wildman–Crippen MR) is 113 cm³/mol. The number of carbonyl (C=O) groups excluding carboxylic acids is 1. The molecular formula is C22H21ClN4O2. The van der Waals surface area contributed by atoms with Crippen molar-refractivity contribution < 1.29 is 9.90 Å². The molecule has 2 unspecified atom stereocenters. The minimum atomic E-state index is -0.260. The molecule has 5 rings (SSSR count). The van der Waals surface area contributed by atoms with Gasteiger partial charge in [0, 0.05) is 52.1 Å². The lowest BCUT2D eigenvalue weighted by molar-refractivity contribution is -0.118. The minimum Gasteiger partial charge on any atom is -0.398 e. The van der Waals surface area contributed by atoms with Crippen LogP contribution in [0, 0.1) is 24.7 Å². The van der Waals surface area contributed by atoms with E-state index in [4.69, 9.17) is 17.3 Å². The molecule has 4 atom stereocenters. The number of halogens is 1. The van der Waals surface area contributed by atoms with Gasteiger partial charge < -0.3 is 16.2 Å². The van der Waals surface area contributed by atoms with Crippen LogP contribution in [-0.4, -0.2) is 27.1 Å². The quantitative estimate of drug-likeness (QED) is 0.572. The molecule has 0 spiro atoms. The van der Waals surface area contributed by atoms with Gasteiger partial charge in [-0.3, -0.25) is 9.78 Å². The fourth-order valence-electron chi connectivity index (χ4n) is 4.73. The fourth-order valence-corrected chi connectivity index (χ4v) is 5.04. The van der Waals surface area contributed by atoms with E-state index >= 15 is 0 Å². The third-order valence-corrected chi connectivity index (χ3v) is 6.70. The van der Waals surface area contributed by atoms with Crippen LogP contribution in [0.15, 0.2) is 36.8 Å². The zero-order valence-electron chi connectivity index (χ0n) is 15.9. The highest BCUT2D eigenvalue weighted by molar-refractivity contribution is 6.39. The molecule has 2 heterocycles. The van der Waals surface area contributed by atoms with Crippen molar-refractivity contribution in [1.29, 1.82) is 0 Å². The highest BCUT2D eigenvalue weighted by atomic mass is 35.5. The van der Waals surface area contributed by atoms with Gasteiger partial charge in [0.1, 0.15) is 5.82 Å². The van der Waals surface area contributed by atoms with Crippen molar-refractivity contribution in [2.24, 2.45) is 17.8 Å². The lowest BCUT2D eigenvalue weighted by Gasteiger charge is -2.14. The monoisotopic (exact) mass is 408 g/mol.